The largest absolute Gasteiger partial charge is 0.493 e. The van der Waals surface area contributed by atoms with Crippen molar-refractivity contribution >= 4 is 11.6 Å². The van der Waals surface area contributed by atoms with E-state index in [9.17, 15) is 18.3 Å². The van der Waals surface area contributed by atoms with Gasteiger partial charge in [-0.3, -0.25) is 0 Å². The van der Waals surface area contributed by atoms with Crippen LogP contribution in [0.15, 0.2) is 18.2 Å². The van der Waals surface area contributed by atoms with Gasteiger partial charge in [-0.1, -0.05) is 25.4 Å². The highest BCUT2D eigenvalue weighted by atomic mass is 35.5. The van der Waals surface area contributed by atoms with Crippen molar-refractivity contribution in [2.24, 2.45) is 0 Å². The molecular formula is C13H16ClF3O2. The number of hydrogen-bond acceptors (Lipinski definition) is 2. The van der Waals surface area contributed by atoms with Gasteiger partial charge in [-0.25, -0.2) is 0 Å². The smallest absolute Gasteiger partial charge is 0.421 e. The molecule has 2 nitrogen and oxygen atoms in total. The van der Waals surface area contributed by atoms with E-state index < -0.39 is 18.2 Å². The Kier molecular flexibility index (Phi) is 5.10. The molecular weight excluding hydrogens is 281 g/mol. The van der Waals surface area contributed by atoms with Crippen LogP contribution in [0.2, 0.25) is 5.02 Å². The highest BCUT2D eigenvalue weighted by Gasteiger charge is 2.55. The molecule has 108 valence electrons. The normalized spacial score (nSPS) is 15.1. The van der Waals surface area contributed by atoms with Gasteiger partial charge in [0.05, 0.1) is 6.61 Å². The highest BCUT2D eigenvalue weighted by molar-refractivity contribution is 6.30. The molecule has 0 aliphatic rings. The van der Waals surface area contributed by atoms with Crippen LogP contribution in [0, 0.1) is 0 Å². The zero-order chi connectivity index (χ0) is 14.7. The number of alkyl halides is 3. The third-order valence-electron chi connectivity index (χ3n) is 2.83. The lowest BCUT2D eigenvalue weighted by Crippen LogP contribution is -2.42. The zero-order valence-electron chi connectivity index (χ0n) is 10.7. The fourth-order valence-electron chi connectivity index (χ4n) is 1.71. The van der Waals surface area contributed by atoms with Crippen LogP contribution >= 0.6 is 11.6 Å². The predicted molar refractivity (Wildman–Crippen MR) is 67.5 cm³/mol. The maximum Gasteiger partial charge on any atom is 0.421 e. The molecule has 19 heavy (non-hydrogen) atoms. The van der Waals surface area contributed by atoms with Crippen molar-refractivity contribution in [2.45, 2.75) is 38.5 Å². The van der Waals surface area contributed by atoms with Crippen LogP contribution in [0.1, 0.15) is 32.3 Å². The molecule has 1 aromatic carbocycles. The molecule has 1 atom stereocenters. The van der Waals surface area contributed by atoms with E-state index in [4.69, 9.17) is 16.3 Å². The first kappa shape index (κ1) is 16.1. The van der Waals surface area contributed by atoms with Crippen LogP contribution in [0.25, 0.3) is 0 Å². The molecule has 1 unspecified atom stereocenters. The van der Waals surface area contributed by atoms with E-state index >= 15 is 0 Å². The molecule has 0 bridgehead atoms. The standard InChI is InChI=1S/C13H16ClF3O2/c1-3-7-19-11-6-5-9(14)8-10(11)12(18,4-2)13(15,16)17/h5-6,8,18H,3-4,7H2,1-2H3. The summed E-state index contributed by atoms with van der Waals surface area (Å²) < 4.78 is 44.5. The fourth-order valence-corrected chi connectivity index (χ4v) is 1.88. The number of benzene rings is 1. The van der Waals surface area contributed by atoms with E-state index in [2.05, 4.69) is 0 Å². The predicted octanol–water partition coefficient (Wildman–Crippen LogP) is 4.29. The third-order valence-corrected chi connectivity index (χ3v) is 3.06. The summed E-state index contributed by atoms with van der Waals surface area (Å²) in [6.07, 6.45) is -4.66. The average Bonchev–Trinajstić information content (AvgIpc) is 2.35. The van der Waals surface area contributed by atoms with E-state index in [-0.39, 0.29) is 22.9 Å². The first-order valence-electron chi connectivity index (χ1n) is 5.98. The number of hydrogen-bond donors (Lipinski definition) is 1. The van der Waals surface area contributed by atoms with Crippen molar-refractivity contribution in [1.29, 1.82) is 0 Å². The summed E-state index contributed by atoms with van der Waals surface area (Å²) in [7, 11) is 0. The van der Waals surface area contributed by atoms with Crippen LogP contribution in [0.5, 0.6) is 5.75 Å². The maximum atomic E-state index is 13.1. The van der Waals surface area contributed by atoms with Gasteiger partial charge in [0.15, 0.2) is 5.60 Å². The van der Waals surface area contributed by atoms with Gasteiger partial charge in [0.1, 0.15) is 5.75 Å². The van der Waals surface area contributed by atoms with Crippen molar-refractivity contribution in [3.8, 4) is 5.75 Å². The van der Waals surface area contributed by atoms with Gasteiger partial charge in [0.2, 0.25) is 0 Å². The molecule has 0 aliphatic heterocycles. The molecule has 1 rings (SSSR count). The van der Waals surface area contributed by atoms with Crippen LogP contribution in [0.3, 0.4) is 0 Å². The van der Waals surface area contributed by atoms with E-state index in [1.165, 1.54) is 19.1 Å². The minimum atomic E-state index is -4.79. The Morgan fingerprint density at radius 3 is 2.37 bits per heavy atom. The van der Waals surface area contributed by atoms with Crippen molar-refractivity contribution in [2.75, 3.05) is 6.61 Å². The van der Waals surface area contributed by atoms with Crippen molar-refractivity contribution in [1.82, 2.24) is 0 Å². The average molecular weight is 297 g/mol. The quantitative estimate of drug-likeness (QED) is 0.878. The second kappa shape index (κ2) is 6.01. The second-order valence-corrected chi connectivity index (χ2v) is 4.64. The number of halogens is 4. The summed E-state index contributed by atoms with van der Waals surface area (Å²) in [6.45, 7) is 3.37. The molecule has 0 aromatic heterocycles. The molecule has 0 saturated carbocycles. The van der Waals surface area contributed by atoms with E-state index in [1.54, 1.807) is 0 Å². The van der Waals surface area contributed by atoms with Crippen LogP contribution < -0.4 is 4.74 Å². The van der Waals surface area contributed by atoms with Gasteiger partial charge in [-0.05, 0) is 31.0 Å². The Bertz CT molecular complexity index is 434. The summed E-state index contributed by atoms with van der Waals surface area (Å²) in [6, 6.07) is 3.88. The summed E-state index contributed by atoms with van der Waals surface area (Å²) in [4.78, 5) is 0. The second-order valence-electron chi connectivity index (χ2n) is 4.20. The van der Waals surface area contributed by atoms with Gasteiger partial charge in [-0.15, -0.1) is 0 Å². The van der Waals surface area contributed by atoms with E-state index in [0.717, 1.165) is 6.07 Å². The molecule has 0 aliphatic carbocycles. The Labute approximate surface area is 115 Å². The molecule has 0 saturated heterocycles. The van der Waals surface area contributed by atoms with Gasteiger partial charge in [0.25, 0.3) is 0 Å². The molecule has 6 heteroatoms. The Morgan fingerprint density at radius 2 is 1.89 bits per heavy atom. The molecule has 1 N–H and O–H groups in total. The first-order chi connectivity index (χ1) is 8.76. The van der Waals surface area contributed by atoms with Crippen LogP contribution in [-0.4, -0.2) is 17.9 Å². The van der Waals surface area contributed by atoms with Crippen molar-refractivity contribution in [3.05, 3.63) is 28.8 Å². The minimum Gasteiger partial charge on any atom is -0.493 e. The van der Waals surface area contributed by atoms with Crippen LogP contribution in [0.4, 0.5) is 13.2 Å². The molecule has 0 fully saturated rings. The summed E-state index contributed by atoms with van der Waals surface area (Å²) in [5.74, 6) is 0.00734. The fraction of sp³-hybridized carbons (Fsp3) is 0.538. The van der Waals surface area contributed by atoms with Gasteiger partial charge in [0, 0.05) is 10.6 Å². The molecule has 0 radical (unpaired) electrons. The number of rotatable bonds is 5. The summed E-state index contributed by atoms with van der Waals surface area (Å²) in [5, 5.41) is 10.1. The van der Waals surface area contributed by atoms with E-state index in [0.29, 0.717) is 6.42 Å². The van der Waals surface area contributed by atoms with Crippen LogP contribution in [-0.2, 0) is 5.60 Å². The lowest BCUT2D eigenvalue weighted by atomic mass is 9.89. The van der Waals surface area contributed by atoms with Crippen molar-refractivity contribution < 1.29 is 23.0 Å². The number of aliphatic hydroxyl groups is 1. The topological polar surface area (TPSA) is 29.5 Å². The Balaban J connectivity index is 3.33. The molecule has 1 aromatic rings. The summed E-state index contributed by atoms with van der Waals surface area (Å²) in [5.41, 5.74) is -3.30. The zero-order valence-corrected chi connectivity index (χ0v) is 11.5. The highest BCUT2D eigenvalue weighted by Crippen LogP contribution is 2.45. The summed E-state index contributed by atoms with van der Waals surface area (Å²) >= 11 is 5.73. The lowest BCUT2D eigenvalue weighted by Gasteiger charge is -2.31. The van der Waals surface area contributed by atoms with Gasteiger partial charge in [-0.2, -0.15) is 13.2 Å². The molecule has 0 spiro atoms. The monoisotopic (exact) mass is 296 g/mol. The molecule has 0 amide bonds. The lowest BCUT2D eigenvalue weighted by molar-refractivity contribution is -0.268. The SMILES string of the molecule is CCCOc1ccc(Cl)cc1C(O)(CC)C(F)(F)F. The Hall–Kier alpha value is -0.940. The minimum absolute atomic E-state index is 0.00734. The first-order valence-corrected chi connectivity index (χ1v) is 6.36. The number of ether oxygens (including phenoxy) is 1. The third kappa shape index (κ3) is 3.34. The van der Waals surface area contributed by atoms with Crippen molar-refractivity contribution in [3.63, 3.8) is 0 Å². The maximum absolute atomic E-state index is 13.1. The van der Waals surface area contributed by atoms with E-state index in [1.807, 2.05) is 6.92 Å². The van der Waals surface area contributed by atoms with Gasteiger partial charge >= 0.3 is 6.18 Å². The molecule has 0 heterocycles. The van der Waals surface area contributed by atoms with Gasteiger partial charge < -0.3 is 9.84 Å². The Morgan fingerprint density at radius 1 is 1.26 bits per heavy atom.